The van der Waals surface area contributed by atoms with E-state index in [1.165, 1.54) is 0 Å². The Bertz CT molecular complexity index is 434. The second-order valence-electron chi connectivity index (χ2n) is 3.78. The number of fused-ring (bicyclic) bond motifs is 1. The van der Waals surface area contributed by atoms with Crippen LogP contribution in [0.2, 0.25) is 0 Å². The zero-order valence-corrected chi connectivity index (χ0v) is 9.51. The third-order valence-electron chi connectivity index (χ3n) is 2.64. The molecule has 1 aliphatic heterocycles. The number of amidine groups is 1. The van der Waals surface area contributed by atoms with Crippen LogP contribution < -0.4 is 20.5 Å². The molecule has 1 aromatic rings. The van der Waals surface area contributed by atoms with Gasteiger partial charge in [-0.05, 0) is 13.0 Å². The monoisotopic (exact) mass is 237 g/mol. The molecule has 1 atom stereocenters. The lowest BCUT2D eigenvalue weighted by Gasteiger charge is -2.13. The molecule has 0 aromatic heterocycles. The average molecular weight is 237 g/mol. The Balaban J connectivity index is 2.03. The van der Waals surface area contributed by atoms with Crippen LogP contribution in [0.3, 0.4) is 0 Å². The Hall–Kier alpha value is -1.95. The van der Waals surface area contributed by atoms with Crippen molar-refractivity contribution < 1.29 is 14.7 Å². The molecule has 1 aliphatic rings. The maximum Gasteiger partial charge on any atom is 0.231 e. The van der Waals surface area contributed by atoms with Crippen LogP contribution in [0.5, 0.6) is 11.5 Å². The summed E-state index contributed by atoms with van der Waals surface area (Å²) in [5.74, 6) is 1.65. The standard InChI is InChI=1S/C11H15N3O3/c1-7(11(12)14-15)13-5-8-3-2-4-9-10(8)17-6-16-9/h2-4,7,13,15H,5-6H2,1H3,(H2,12,14). The van der Waals surface area contributed by atoms with Crippen LogP contribution in [0.15, 0.2) is 23.4 Å². The minimum Gasteiger partial charge on any atom is -0.454 e. The van der Waals surface area contributed by atoms with Gasteiger partial charge in [-0.2, -0.15) is 0 Å². The summed E-state index contributed by atoms with van der Waals surface area (Å²) < 4.78 is 10.7. The third kappa shape index (κ3) is 2.42. The summed E-state index contributed by atoms with van der Waals surface area (Å²) in [6, 6.07) is 5.50. The molecule has 2 rings (SSSR count). The van der Waals surface area contributed by atoms with Crippen molar-refractivity contribution in [2.75, 3.05) is 6.79 Å². The molecule has 6 heteroatoms. The van der Waals surface area contributed by atoms with E-state index in [1.807, 2.05) is 25.1 Å². The van der Waals surface area contributed by atoms with Gasteiger partial charge in [0.2, 0.25) is 6.79 Å². The molecule has 0 radical (unpaired) electrons. The van der Waals surface area contributed by atoms with Crippen LogP contribution in [0, 0.1) is 0 Å². The summed E-state index contributed by atoms with van der Waals surface area (Å²) in [6.45, 7) is 2.63. The van der Waals surface area contributed by atoms with Crippen LogP contribution in [0.1, 0.15) is 12.5 Å². The van der Waals surface area contributed by atoms with Crippen LogP contribution in [0.25, 0.3) is 0 Å². The molecule has 1 aromatic carbocycles. The van der Waals surface area contributed by atoms with E-state index in [2.05, 4.69) is 10.5 Å². The van der Waals surface area contributed by atoms with Crippen molar-refractivity contribution in [3.05, 3.63) is 23.8 Å². The molecule has 0 aliphatic carbocycles. The fraction of sp³-hybridized carbons (Fsp3) is 0.364. The summed E-state index contributed by atoms with van der Waals surface area (Å²) in [5, 5.41) is 14.6. The van der Waals surface area contributed by atoms with Gasteiger partial charge in [0.05, 0.1) is 6.04 Å². The maximum atomic E-state index is 8.54. The summed E-state index contributed by atoms with van der Waals surface area (Å²) >= 11 is 0. The molecule has 0 fully saturated rings. The number of rotatable bonds is 4. The number of nitrogens with two attached hydrogens (primary N) is 1. The number of oxime groups is 1. The van der Waals surface area contributed by atoms with Crippen molar-refractivity contribution in [3.8, 4) is 11.5 Å². The number of nitrogens with one attached hydrogen (secondary N) is 1. The van der Waals surface area contributed by atoms with E-state index in [1.54, 1.807) is 0 Å². The van der Waals surface area contributed by atoms with Gasteiger partial charge in [-0.1, -0.05) is 17.3 Å². The lowest BCUT2D eigenvalue weighted by Crippen LogP contribution is -2.38. The Morgan fingerprint density at radius 1 is 1.59 bits per heavy atom. The van der Waals surface area contributed by atoms with Crippen LogP contribution >= 0.6 is 0 Å². The van der Waals surface area contributed by atoms with Gasteiger partial charge < -0.3 is 25.7 Å². The number of benzene rings is 1. The second kappa shape index (κ2) is 4.92. The highest BCUT2D eigenvalue weighted by Gasteiger charge is 2.17. The first-order valence-corrected chi connectivity index (χ1v) is 5.30. The van der Waals surface area contributed by atoms with Gasteiger partial charge in [0, 0.05) is 12.1 Å². The molecule has 1 heterocycles. The first-order chi connectivity index (χ1) is 8.22. The topological polar surface area (TPSA) is 89.1 Å². The highest BCUT2D eigenvalue weighted by Crippen LogP contribution is 2.35. The van der Waals surface area contributed by atoms with Gasteiger partial charge >= 0.3 is 0 Å². The fourth-order valence-electron chi connectivity index (χ4n) is 1.58. The van der Waals surface area contributed by atoms with E-state index >= 15 is 0 Å². The predicted molar refractivity (Wildman–Crippen MR) is 62.3 cm³/mol. The molecule has 0 bridgehead atoms. The van der Waals surface area contributed by atoms with Crippen molar-refractivity contribution in [1.82, 2.24) is 5.32 Å². The Kier molecular flexibility index (Phi) is 3.34. The molecule has 1 unspecified atom stereocenters. The number of ether oxygens (including phenoxy) is 2. The first kappa shape index (κ1) is 11.5. The lowest BCUT2D eigenvalue weighted by molar-refractivity contribution is 0.173. The molecule has 0 spiro atoms. The Morgan fingerprint density at radius 2 is 2.41 bits per heavy atom. The van der Waals surface area contributed by atoms with Crippen LogP contribution in [-0.4, -0.2) is 23.9 Å². The van der Waals surface area contributed by atoms with E-state index in [0.717, 1.165) is 17.1 Å². The highest BCUT2D eigenvalue weighted by molar-refractivity contribution is 5.84. The smallest absolute Gasteiger partial charge is 0.231 e. The third-order valence-corrected chi connectivity index (χ3v) is 2.64. The Labute approximate surface area is 99.0 Å². The summed E-state index contributed by atoms with van der Waals surface area (Å²) in [4.78, 5) is 0. The van der Waals surface area contributed by atoms with Gasteiger partial charge in [-0.15, -0.1) is 0 Å². The molecule has 92 valence electrons. The van der Waals surface area contributed by atoms with Crippen molar-refractivity contribution >= 4 is 5.84 Å². The van der Waals surface area contributed by atoms with Crippen LogP contribution in [0.4, 0.5) is 0 Å². The second-order valence-corrected chi connectivity index (χ2v) is 3.78. The number of nitrogens with zero attached hydrogens (tertiary/aromatic N) is 1. The zero-order chi connectivity index (χ0) is 12.3. The Morgan fingerprint density at radius 3 is 3.18 bits per heavy atom. The summed E-state index contributed by atoms with van der Waals surface area (Å²) in [7, 11) is 0. The number of hydrogen-bond donors (Lipinski definition) is 3. The van der Waals surface area contributed by atoms with E-state index in [9.17, 15) is 0 Å². The largest absolute Gasteiger partial charge is 0.454 e. The molecular formula is C11H15N3O3. The minimum atomic E-state index is -0.210. The number of hydrogen-bond acceptors (Lipinski definition) is 5. The van der Waals surface area contributed by atoms with E-state index < -0.39 is 0 Å². The van der Waals surface area contributed by atoms with Gasteiger partial charge in [0.1, 0.15) is 0 Å². The van der Waals surface area contributed by atoms with E-state index in [-0.39, 0.29) is 18.7 Å². The summed E-state index contributed by atoms with van der Waals surface area (Å²) in [5.41, 5.74) is 6.46. The minimum absolute atomic E-state index is 0.148. The first-order valence-electron chi connectivity index (χ1n) is 5.30. The van der Waals surface area contributed by atoms with Crippen molar-refractivity contribution in [2.45, 2.75) is 19.5 Å². The van der Waals surface area contributed by atoms with Gasteiger partial charge in [0.25, 0.3) is 0 Å². The number of para-hydroxylation sites is 1. The maximum absolute atomic E-state index is 8.54. The average Bonchev–Trinajstić information content (AvgIpc) is 2.83. The molecule has 0 amide bonds. The van der Waals surface area contributed by atoms with Gasteiger partial charge in [-0.25, -0.2) is 0 Å². The molecule has 4 N–H and O–H groups in total. The van der Waals surface area contributed by atoms with Gasteiger partial charge in [0.15, 0.2) is 17.3 Å². The SMILES string of the molecule is CC(NCc1cccc2c1OCO2)C(N)=NO. The summed E-state index contributed by atoms with van der Waals surface area (Å²) in [6.07, 6.45) is 0. The lowest BCUT2D eigenvalue weighted by atomic mass is 10.1. The van der Waals surface area contributed by atoms with Gasteiger partial charge in [-0.3, -0.25) is 0 Å². The van der Waals surface area contributed by atoms with Crippen molar-refractivity contribution in [3.63, 3.8) is 0 Å². The van der Waals surface area contributed by atoms with Crippen LogP contribution in [-0.2, 0) is 6.54 Å². The van der Waals surface area contributed by atoms with E-state index in [4.69, 9.17) is 20.4 Å². The van der Waals surface area contributed by atoms with E-state index in [0.29, 0.717) is 6.54 Å². The fourth-order valence-corrected chi connectivity index (χ4v) is 1.58. The molecule has 6 nitrogen and oxygen atoms in total. The highest BCUT2D eigenvalue weighted by atomic mass is 16.7. The molecule has 0 saturated carbocycles. The van der Waals surface area contributed by atoms with Crippen molar-refractivity contribution in [2.24, 2.45) is 10.9 Å². The molecule has 0 saturated heterocycles. The molecular weight excluding hydrogens is 222 g/mol. The quantitative estimate of drug-likeness (QED) is 0.309. The zero-order valence-electron chi connectivity index (χ0n) is 9.51. The predicted octanol–water partition coefficient (Wildman–Crippen LogP) is 0.640. The molecule has 17 heavy (non-hydrogen) atoms. The normalized spacial score (nSPS) is 15.9. The van der Waals surface area contributed by atoms with Crippen molar-refractivity contribution in [1.29, 1.82) is 0 Å².